The maximum atomic E-state index is 15.1. The van der Waals surface area contributed by atoms with E-state index < -0.39 is 29.4 Å². The molecule has 4 saturated heterocycles. The number of aromatic amines is 1. The minimum absolute atomic E-state index is 0.000973. The van der Waals surface area contributed by atoms with Crippen LogP contribution < -0.4 is 16.2 Å². The average Bonchev–Trinajstić information content (AvgIpc) is 3.50. The largest absolute Gasteiger partial charge is 0.375 e. The number of amides is 5. The van der Waals surface area contributed by atoms with Crippen molar-refractivity contribution in [3.63, 3.8) is 0 Å². The number of rotatable bonds is 16. The summed E-state index contributed by atoms with van der Waals surface area (Å²) in [5, 5.41) is 14.1. The number of likely N-dealkylation sites (tertiary alicyclic amines) is 3. The first-order valence-corrected chi connectivity index (χ1v) is 28.6. The van der Waals surface area contributed by atoms with Crippen molar-refractivity contribution in [1.29, 1.82) is 0 Å². The minimum Gasteiger partial charge on any atom is -0.375 e. The van der Waals surface area contributed by atoms with Gasteiger partial charge in [-0.25, -0.2) is 18.3 Å². The van der Waals surface area contributed by atoms with E-state index in [-0.39, 0.29) is 97.1 Å². The number of halogens is 3. The molecule has 10 rings (SSSR count). The van der Waals surface area contributed by atoms with E-state index in [1.807, 2.05) is 35.2 Å². The maximum absolute atomic E-state index is 15.1. The third-order valence-corrected chi connectivity index (χ3v) is 17.0. The highest BCUT2D eigenvalue weighted by Crippen LogP contribution is 2.31. The molecule has 1 aliphatic carbocycles. The van der Waals surface area contributed by atoms with Crippen molar-refractivity contribution in [3.8, 4) is 0 Å². The number of piperazine rings is 1. The number of hydrogen-bond acceptors (Lipinski definition) is 10. The standard InChI is InChI=1S/C61H72F3N9O7/c62-46-17-16-44(53(64)35-46)36-65-37-55(74)73-23-7-12-45(38-73)42-10-6-11-43(34-42)58(76)66-57(41-8-2-1-3-9-41)61(79)71-26-21-48(22-27-71)80-47-19-24-69(25-20-47)39-56(75)70-28-30-72(31-29-70)60(78)51-32-40(15-18-52(51)63)33-54-49-13-4-5-14-50(49)59(77)68-67-54/h4-6,10-11,13-18,32,34-35,41,45,47-48,57,65H,1-3,7-9,12,19-31,33,36-39H2,(H,66,76)(H,68,77)/t45?,57-/m1/s1. The van der Waals surface area contributed by atoms with Gasteiger partial charge >= 0.3 is 0 Å². The van der Waals surface area contributed by atoms with Gasteiger partial charge in [-0.1, -0.05) is 61.7 Å². The number of nitrogens with zero attached hydrogens (tertiary/aromatic N) is 6. The highest BCUT2D eigenvalue weighted by molar-refractivity contribution is 5.98. The van der Waals surface area contributed by atoms with Crippen LogP contribution in [0.2, 0.25) is 0 Å². The fourth-order valence-electron chi connectivity index (χ4n) is 12.4. The second-order valence-electron chi connectivity index (χ2n) is 22.3. The van der Waals surface area contributed by atoms with Gasteiger partial charge in [-0.3, -0.25) is 33.7 Å². The van der Waals surface area contributed by atoms with E-state index in [4.69, 9.17) is 4.74 Å². The molecule has 80 heavy (non-hydrogen) atoms. The molecule has 5 fully saturated rings. The predicted octanol–water partition coefficient (Wildman–Crippen LogP) is 6.56. The first-order chi connectivity index (χ1) is 38.8. The van der Waals surface area contributed by atoms with Gasteiger partial charge in [0.15, 0.2) is 0 Å². The molecule has 2 atom stereocenters. The van der Waals surface area contributed by atoms with Gasteiger partial charge in [-0.15, -0.1) is 0 Å². The molecule has 16 nitrogen and oxygen atoms in total. The lowest BCUT2D eigenvalue weighted by atomic mass is 9.83. The van der Waals surface area contributed by atoms with Gasteiger partial charge in [0.25, 0.3) is 17.4 Å². The van der Waals surface area contributed by atoms with Crippen LogP contribution in [-0.2, 0) is 32.1 Å². The van der Waals surface area contributed by atoms with Crippen molar-refractivity contribution in [2.75, 3.05) is 78.5 Å². The molecule has 1 unspecified atom stereocenters. The number of fused-ring (bicyclic) bond motifs is 1. The molecule has 4 aromatic carbocycles. The average molecular weight is 1100 g/mol. The molecule has 5 aromatic rings. The Kier molecular flexibility index (Phi) is 18.4. The molecule has 19 heteroatoms. The Morgan fingerprint density at radius 2 is 1.39 bits per heavy atom. The van der Waals surface area contributed by atoms with Crippen LogP contribution in [0.5, 0.6) is 0 Å². The highest BCUT2D eigenvalue weighted by Gasteiger charge is 2.37. The number of H-pyrrole nitrogens is 1. The lowest BCUT2D eigenvalue weighted by Gasteiger charge is -2.40. The number of nitrogens with one attached hydrogen (secondary N) is 3. The monoisotopic (exact) mass is 1100 g/mol. The Balaban J connectivity index is 0.651. The number of carbonyl (C=O) groups excluding carboxylic acids is 5. The van der Waals surface area contributed by atoms with Gasteiger partial charge in [-0.2, -0.15) is 5.10 Å². The summed E-state index contributed by atoms with van der Waals surface area (Å²) in [5.74, 6) is -2.77. The summed E-state index contributed by atoms with van der Waals surface area (Å²) >= 11 is 0. The Morgan fingerprint density at radius 3 is 2.14 bits per heavy atom. The van der Waals surface area contributed by atoms with Crippen molar-refractivity contribution in [2.45, 2.75) is 108 Å². The van der Waals surface area contributed by atoms with Crippen molar-refractivity contribution in [2.24, 2.45) is 5.92 Å². The summed E-state index contributed by atoms with van der Waals surface area (Å²) in [6.07, 6.45) is 9.80. The smallest absolute Gasteiger partial charge is 0.272 e. The fraction of sp³-hybridized carbons (Fsp3) is 0.492. The van der Waals surface area contributed by atoms with Crippen LogP contribution in [-0.4, -0.2) is 161 Å². The lowest BCUT2D eigenvalue weighted by Crippen LogP contribution is -2.55. The maximum Gasteiger partial charge on any atom is 0.272 e. The van der Waals surface area contributed by atoms with Crippen LogP contribution in [0.15, 0.2) is 89.7 Å². The Morgan fingerprint density at radius 1 is 0.662 bits per heavy atom. The molecule has 0 spiro atoms. The number of carbonyl (C=O) groups is 5. The highest BCUT2D eigenvalue weighted by atomic mass is 19.1. The van der Waals surface area contributed by atoms with Gasteiger partial charge < -0.3 is 35.0 Å². The summed E-state index contributed by atoms with van der Waals surface area (Å²) < 4.78 is 49.3. The summed E-state index contributed by atoms with van der Waals surface area (Å²) in [6, 6.07) is 21.8. The van der Waals surface area contributed by atoms with Crippen LogP contribution in [0.1, 0.15) is 120 Å². The first-order valence-electron chi connectivity index (χ1n) is 28.6. The zero-order valence-corrected chi connectivity index (χ0v) is 45.3. The SMILES string of the molecule is O=C(N[C@@H](C(=O)N1CCC(OC2CCN(CC(=O)N3CCN(C(=O)c4cc(Cc5n[nH]c(=O)c6ccccc56)ccc4F)CC3)CC2)CC1)C1CCCCC1)c1cccc(C2CCCN(C(=O)CNCc3ccc(F)cc3F)C2)c1. The molecule has 5 heterocycles. The van der Waals surface area contributed by atoms with E-state index in [0.29, 0.717) is 99.2 Å². The Hall–Kier alpha value is -6.96. The second-order valence-corrected chi connectivity index (χ2v) is 22.3. The molecule has 0 bridgehead atoms. The number of hydrogen-bond donors (Lipinski definition) is 3. The van der Waals surface area contributed by atoms with Gasteiger partial charge in [-0.05, 0) is 105 Å². The Bertz CT molecular complexity index is 3090. The third-order valence-electron chi connectivity index (χ3n) is 17.0. The van der Waals surface area contributed by atoms with Crippen LogP contribution in [0.25, 0.3) is 10.8 Å². The van der Waals surface area contributed by atoms with Crippen molar-refractivity contribution < 1.29 is 41.9 Å². The minimum atomic E-state index is -0.661. The van der Waals surface area contributed by atoms with Gasteiger partial charge in [0, 0.05) is 107 Å². The predicted molar refractivity (Wildman–Crippen MR) is 295 cm³/mol. The molecule has 1 saturated carbocycles. The molecule has 0 radical (unpaired) electrons. The second kappa shape index (κ2) is 26.1. The number of ether oxygens (including phenoxy) is 1. The quantitative estimate of drug-likeness (QED) is 0.0980. The molecular weight excluding hydrogens is 1030 g/mol. The van der Waals surface area contributed by atoms with E-state index in [1.165, 1.54) is 18.2 Å². The summed E-state index contributed by atoms with van der Waals surface area (Å²) in [6.45, 7) is 5.21. The summed E-state index contributed by atoms with van der Waals surface area (Å²) in [5.41, 5.74) is 2.67. The summed E-state index contributed by atoms with van der Waals surface area (Å²) in [4.78, 5) is 90.4. The summed E-state index contributed by atoms with van der Waals surface area (Å²) in [7, 11) is 0. The van der Waals surface area contributed by atoms with Gasteiger partial charge in [0.05, 0.1) is 41.9 Å². The normalized spacial score (nSPS) is 19.5. The number of piperidine rings is 3. The van der Waals surface area contributed by atoms with Crippen LogP contribution in [0.4, 0.5) is 13.2 Å². The molecule has 424 valence electrons. The van der Waals surface area contributed by atoms with E-state index in [9.17, 15) is 37.5 Å². The fourth-order valence-corrected chi connectivity index (χ4v) is 12.4. The molecule has 1 aromatic heterocycles. The van der Waals surface area contributed by atoms with E-state index >= 15 is 4.39 Å². The molecule has 5 amide bonds. The number of aromatic nitrogens is 2. The third kappa shape index (κ3) is 13.8. The van der Waals surface area contributed by atoms with Gasteiger partial charge in [0.1, 0.15) is 23.5 Å². The lowest BCUT2D eigenvalue weighted by molar-refractivity contribution is -0.140. The molecule has 5 aliphatic rings. The zero-order valence-electron chi connectivity index (χ0n) is 45.3. The first kappa shape index (κ1) is 56.3. The van der Waals surface area contributed by atoms with Crippen LogP contribution >= 0.6 is 0 Å². The van der Waals surface area contributed by atoms with Crippen molar-refractivity contribution >= 4 is 40.3 Å². The molecular formula is C61H72F3N9O7. The van der Waals surface area contributed by atoms with E-state index in [0.717, 1.165) is 69.4 Å². The van der Waals surface area contributed by atoms with Gasteiger partial charge in [0.2, 0.25) is 17.7 Å². The van der Waals surface area contributed by atoms with Crippen molar-refractivity contribution in [1.82, 2.24) is 45.3 Å². The van der Waals surface area contributed by atoms with E-state index in [2.05, 4.69) is 25.7 Å². The molecule has 3 N–H and O–H groups in total. The topological polar surface area (TPSA) is 181 Å². The molecule has 4 aliphatic heterocycles. The van der Waals surface area contributed by atoms with Crippen molar-refractivity contribution in [3.05, 3.63) is 146 Å². The Labute approximate surface area is 464 Å². The van der Waals surface area contributed by atoms with E-state index in [1.54, 1.807) is 45.0 Å². The van der Waals surface area contributed by atoms with Crippen LogP contribution in [0.3, 0.4) is 0 Å². The zero-order chi connectivity index (χ0) is 55.7. The van der Waals surface area contributed by atoms with Crippen LogP contribution in [0, 0.1) is 23.4 Å². The number of benzene rings is 4.